The Labute approximate surface area is 339 Å². The number of rotatable bonds is 10. The molecule has 5 nitrogen and oxygen atoms in total. The number of aryl methyl sites for hydroxylation is 1. The molecule has 1 aliphatic heterocycles. The Balaban J connectivity index is 0.000000478. The van der Waals surface area contributed by atoms with E-state index in [1.165, 1.54) is 85.7 Å². The lowest BCUT2D eigenvalue weighted by Gasteiger charge is -2.36. The summed E-state index contributed by atoms with van der Waals surface area (Å²) in [7, 11) is 0. The molecule has 0 spiro atoms. The molecule has 5 heteroatoms. The zero-order valence-corrected chi connectivity index (χ0v) is 39.0. The van der Waals surface area contributed by atoms with E-state index in [-0.39, 0.29) is 17.1 Å². The Hall–Kier alpha value is -2.40. The van der Waals surface area contributed by atoms with Crippen molar-refractivity contribution < 1.29 is 23.8 Å². The second-order valence-electron chi connectivity index (χ2n) is 20.3. The minimum Gasteiger partial charge on any atom is -0.479 e. The third kappa shape index (κ3) is 16.9. The van der Waals surface area contributed by atoms with Gasteiger partial charge in [-0.15, -0.1) is 0 Å². The number of Topliss-reactive ketones (excluding diaryl/α,β-unsaturated/α-hetero) is 1. The van der Waals surface area contributed by atoms with Crippen molar-refractivity contribution in [2.75, 3.05) is 6.61 Å². The lowest BCUT2D eigenvalue weighted by atomic mass is 9.69. The summed E-state index contributed by atoms with van der Waals surface area (Å²) in [5, 5.41) is 9.24. The first-order chi connectivity index (χ1) is 25.3. The molecule has 2 saturated carbocycles. The van der Waals surface area contributed by atoms with Gasteiger partial charge in [-0.25, -0.2) is 4.79 Å². The number of allylic oxidation sites excluding steroid dienone is 5. The smallest absolute Gasteiger partial charge is 0.336 e. The van der Waals surface area contributed by atoms with E-state index in [9.17, 15) is 14.7 Å². The molecule has 1 N–H and O–H groups in total. The van der Waals surface area contributed by atoms with Crippen molar-refractivity contribution in [2.45, 2.75) is 213 Å². The van der Waals surface area contributed by atoms with Crippen molar-refractivity contribution in [3.05, 3.63) is 51.5 Å². The third-order valence-electron chi connectivity index (χ3n) is 11.5. The molecule has 1 atom stereocenters. The first-order valence-corrected chi connectivity index (χ1v) is 21.9. The van der Waals surface area contributed by atoms with E-state index in [1.54, 1.807) is 0 Å². The number of carboxylic acids is 1. The summed E-state index contributed by atoms with van der Waals surface area (Å²) in [6.45, 7) is 37.9. The van der Waals surface area contributed by atoms with E-state index in [1.807, 2.05) is 19.9 Å². The maximum Gasteiger partial charge on any atom is 0.336 e. The fourth-order valence-electron chi connectivity index (χ4n) is 7.48. The lowest BCUT2D eigenvalue weighted by molar-refractivity contribution is -0.159. The number of hydrogen-bond acceptors (Lipinski definition) is 4. The SMILES string of the molecule is CC(C)=C(/C=C(\c1oc(C(=O)C(C)C)cc1C)C(C)(C)C)C1CCC(C)(C)CC1.CC(CC1(C(=O)O)CCCO1)=C1CCC1.CCCC.CCCC(C)(C)C. The maximum atomic E-state index is 12.5. The van der Waals surface area contributed by atoms with Gasteiger partial charge < -0.3 is 14.3 Å². The van der Waals surface area contributed by atoms with Gasteiger partial charge in [0.05, 0.1) is 0 Å². The normalized spacial score (nSPS) is 19.9. The first-order valence-electron chi connectivity index (χ1n) is 21.9. The molecule has 1 aromatic heterocycles. The average molecular weight is 767 g/mol. The Morgan fingerprint density at radius 3 is 1.82 bits per heavy atom. The van der Waals surface area contributed by atoms with Crippen LogP contribution >= 0.6 is 0 Å². The molecule has 3 fully saturated rings. The zero-order chi connectivity index (χ0) is 42.4. The predicted octanol–water partition coefficient (Wildman–Crippen LogP) is 15.6. The van der Waals surface area contributed by atoms with Crippen LogP contribution in [0.5, 0.6) is 0 Å². The average Bonchev–Trinajstić information content (AvgIpc) is 3.67. The number of furan rings is 1. The van der Waals surface area contributed by atoms with Gasteiger partial charge in [0.15, 0.2) is 11.4 Å². The summed E-state index contributed by atoms with van der Waals surface area (Å²) in [6.07, 6.45) is 18.4. The number of hydrogen-bond donors (Lipinski definition) is 1. The van der Waals surface area contributed by atoms with Crippen LogP contribution in [0.4, 0.5) is 0 Å². The fraction of sp³-hybridized carbons (Fsp3) is 0.760. The molecule has 0 radical (unpaired) electrons. The molecule has 4 rings (SSSR count). The van der Waals surface area contributed by atoms with Crippen LogP contribution in [0, 0.1) is 35.0 Å². The number of carbonyl (C=O) groups excluding carboxylic acids is 1. The first kappa shape index (κ1) is 50.6. The number of ether oxygens (including phenoxy) is 1. The number of ketones is 1. The molecule has 55 heavy (non-hydrogen) atoms. The van der Waals surface area contributed by atoms with E-state index in [4.69, 9.17) is 9.15 Å². The molecule has 1 aromatic rings. The molecule has 1 unspecified atom stereocenters. The summed E-state index contributed by atoms with van der Waals surface area (Å²) < 4.78 is 11.6. The highest BCUT2D eigenvalue weighted by atomic mass is 16.5. The van der Waals surface area contributed by atoms with Gasteiger partial charge in [0, 0.05) is 24.5 Å². The standard InChI is InChI=1S/C27H42O2.C12H18O3.C7H16.C4H10/c1-17(2)21(20-11-13-27(9,10)14-12-20)16-22(26(6,7)8)25-19(5)15-23(29-25)24(28)18(3)4;1-9(10-4-2-5-10)8-12(11(13)14)6-3-7-15-12;1-5-6-7(2,3)4;1-3-4-2/h15-16,18,20H,11-14H2,1-10H3;2-8H2,1H3,(H,13,14);5-6H2,1-4H3;3-4H2,1-2H3/b22-16+;;;. The molecule has 1 saturated heterocycles. The maximum absolute atomic E-state index is 12.5. The summed E-state index contributed by atoms with van der Waals surface area (Å²) in [5.74, 6) is 1.19. The van der Waals surface area contributed by atoms with Crippen molar-refractivity contribution in [1.29, 1.82) is 0 Å². The lowest BCUT2D eigenvalue weighted by Crippen LogP contribution is -2.38. The summed E-state index contributed by atoms with van der Waals surface area (Å²) >= 11 is 0. The Bertz CT molecular complexity index is 1420. The van der Waals surface area contributed by atoms with E-state index < -0.39 is 11.6 Å². The minimum atomic E-state index is -0.910. The van der Waals surface area contributed by atoms with Gasteiger partial charge in [-0.3, -0.25) is 4.79 Å². The van der Waals surface area contributed by atoms with E-state index in [0.717, 1.165) is 30.6 Å². The van der Waals surface area contributed by atoms with Gasteiger partial charge in [0.2, 0.25) is 5.78 Å². The van der Waals surface area contributed by atoms with Crippen LogP contribution in [0.25, 0.3) is 5.57 Å². The van der Waals surface area contributed by atoms with Crippen molar-refractivity contribution in [1.82, 2.24) is 0 Å². The van der Waals surface area contributed by atoms with Crippen molar-refractivity contribution in [2.24, 2.45) is 28.1 Å². The van der Waals surface area contributed by atoms with Crippen LogP contribution in [0.1, 0.15) is 223 Å². The highest BCUT2D eigenvalue weighted by Gasteiger charge is 2.43. The van der Waals surface area contributed by atoms with E-state index in [2.05, 4.69) is 110 Å². The highest BCUT2D eigenvalue weighted by Crippen LogP contribution is 2.45. The Kier molecular flexibility index (Phi) is 20.7. The Morgan fingerprint density at radius 2 is 1.47 bits per heavy atom. The molecule has 0 amide bonds. The summed E-state index contributed by atoms with van der Waals surface area (Å²) in [6, 6.07) is 1.92. The van der Waals surface area contributed by atoms with Crippen molar-refractivity contribution >= 4 is 17.3 Å². The molecular formula is C50H86O5. The van der Waals surface area contributed by atoms with Gasteiger partial charge in [0.1, 0.15) is 5.76 Å². The van der Waals surface area contributed by atoms with Gasteiger partial charge in [-0.05, 0) is 131 Å². The topological polar surface area (TPSA) is 76.7 Å². The predicted molar refractivity (Wildman–Crippen MR) is 236 cm³/mol. The van der Waals surface area contributed by atoms with Crippen LogP contribution in [0.2, 0.25) is 0 Å². The van der Waals surface area contributed by atoms with Crippen LogP contribution in [-0.4, -0.2) is 29.1 Å². The number of carbonyl (C=O) groups is 2. The molecule has 3 aliphatic rings. The van der Waals surface area contributed by atoms with Crippen LogP contribution in [-0.2, 0) is 9.53 Å². The van der Waals surface area contributed by atoms with Crippen LogP contribution < -0.4 is 0 Å². The molecule has 0 bridgehead atoms. The summed E-state index contributed by atoms with van der Waals surface area (Å²) in [4.78, 5) is 23.7. The van der Waals surface area contributed by atoms with E-state index >= 15 is 0 Å². The van der Waals surface area contributed by atoms with Crippen LogP contribution in [0.3, 0.4) is 0 Å². The van der Waals surface area contributed by atoms with Crippen LogP contribution in [0.15, 0.2) is 38.9 Å². The number of aliphatic carboxylic acids is 1. The summed E-state index contributed by atoms with van der Waals surface area (Å²) in [5.41, 5.74) is 7.81. The van der Waals surface area contributed by atoms with E-state index in [0.29, 0.717) is 42.0 Å². The van der Waals surface area contributed by atoms with Gasteiger partial charge >= 0.3 is 5.97 Å². The van der Waals surface area contributed by atoms with Gasteiger partial charge in [-0.1, -0.05) is 132 Å². The third-order valence-corrected chi connectivity index (χ3v) is 11.5. The second kappa shape index (κ2) is 22.5. The monoisotopic (exact) mass is 767 g/mol. The molecule has 2 heterocycles. The highest BCUT2D eigenvalue weighted by molar-refractivity contribution is 5.95. The zero-order valence-electron chi connectivity index (χ0n) is 39.0. The largest absolute Gasteiger partial charge is 0.479 e. The molecular weight excluding hydrogens is 681 g/mol. The quantitative estimate of drug-likeness (QED) is 0.146. The molecule has 0 aromatic carbocycles. The van der Waals surface area contributed by atoms with Gasteiger partial charge in [-0.2, -0.15) is 0 Å². The fourth-order valence-corrected chi connectivity index (χ4v) is 7.48. The minimum absolute atomic E-state index is 0.0607. The Morgan fingerprint density at radius 1 is 0.909 bits per heavy atom. The second-order valence-corrected chi connectivity index (χ2v) is 20.3. The van der Waals surface area contributed by atoms with Crippen molar-refractivity contribution in [3.8, 4) is 0 Å². The van der Waals surface area contributed by atoms with Gasteiger partial charge in [0.25, 0.3) is 0 Å². The molecule has 316 valence electrons. The number of carboxylic acid groups (broad SMARTS) is 1. The number of unbranched alkanes of at least 4 members (excludes halogenated alkanes) is 1. The van der Waals surface area contributed by atoms with Crippen molar-refractivity contribution in [3.63, 3.8) is 0 Å². The molecule has 2 aliphatic carbocycles.